The zero-order valence-corrected chi connectivity index (χ0v) is 12.5. The van der Waals surface area contributed by atoms with Crippen LogP contribution in [0.25, 0.3) is 28.5 Å². The van der Waals surface area contributed by atoms with Crippen molar-refractivity contribution < 1.29 is 0 Å². The van der Waals surface area contributed by atoms with Crippen LogP contribution < -0.4 is 5.46 Å². The van der Waals surface area contributed by atoms with Crippen LogP contribution in [0, 0.1) is 11.8 Å². The first-order chi connectivity index (χ1) is 10.7. The van der Waals surface area contributed by atoms with Gasteiger partial charge in [0.2, 0.25) is 0 Å². The fourth-order valence-corrected chi connectivity index (χ4v) is 3.58. The summed E-state index contributed by atoms with van der Waals surface area (Å²) in [5, 5.41) is 2.28. The van der Waals surface area contributed by atoms with Gasteiger partial charge in [-0.15, -0.1) is 0 Å². The van der Waals surface area contributed by atoms with Crippen molar-refractivity contribution in [2.75, 3.05) is 0 Å². The van der Waals surface area contributed by atoms with Crippen LogP contribution in [0.1, 0.15) is 23.1 Å². The number of benzene rings is 2. The van der Waals surface area contributed by atoms with Crippen molar-refractivity contribution in [2.24, 2.45) is 11.8 Å². The highest BCUT2D eigenvalue weighted by Gasteiger charge is 2.35. The van der Waals surface area contributed by atoms with Gasteiger partial charge in [0.1, 0.15) is 7.85 Å². The van der Waals surface area contributed by atoms with Gasteiger partial charge in [-0.2, -0.15) is 0 Å². The summed E-state index contributed by atoms with van der Waals surface area (Å²) in [6, 6.07) is 8.33. The van der Waals surface area contributed by atoms with E-state index in [1.807, 2.05) is 18.2 Å². The lowest BCUT2D eigenvalue weighted by Crippen LogP contribution is -2.13. The fraction of sp³-hybridized carbons (Fsp3) is 0.143. The molecule has 0 aromatic heterocycles. The van der Waals surface area contributed by atoms with Crippen molar-refractivity contribution in [1.82, 2.24) is 0 Å². The molecular formula is C21H17B. The molecule has 0 N–H and O–H groups in total. The molecule has 2 aromatic carbocycles. The Kier molecular flexibility index (Phi) is 2.97. The molecule has 0 heterocycles. The van der Waals surface area contributed by atoms with E-state index in [4.69, 9.17) is 7.85 Å². The van der Waals surface area contributed by atoms with Crippen LogP contribution in [0.5, 0.6) is 0 Å². The third-order valence-corrected chi connectivity index (χ3v) is 4.84. The van der Waals surface area contributed by atoms with E-state index < -0.39 is 0 Å². The van der Waals surface area contributed by atoms with Crippen LogP contribution in [0.4, 0.5) is 0 Å². The normalized spacial score (nSPS) is 22.1. The summed E-state index contributed by atoms with van der Waals surface area (Å²) in [5.74, 6) is 1.47. The third-order valence-electron chi connectivity index (χ3n) is 4.84. The maximum Gasteiger partial charge on any atom is 0.115 e. The predicted octanol–water partition coefficient (Wildman–Crippen LogP) is 4.51. The summed E-state index contributed by atoms with van der Waals surface area (Å²) in [6.45, 7) is 7.97. The van der Waals surface area contributed by atoms with Crippen LogP contribution in [-0.4, -0.2) is 7.85 Å². The lowest BCUT2D eigenvalue weighted by molar-refractivity contribution is 0.985. The third kappa shape index (κ3) is 1.85. The summed E-state index contributed by atoms with van der Waals surface area (Å²) >= 11 is 0. The molecule has 0 amide bonds. The number of hydrogen-bond acceptors (Lipinski definition) is 0. The summed E-state index contributed by atoms with van der Waals surface area (Å²) in [5.41, 5.74) is 5.37. The van der Waals surface area contributed by atoms with Crippen molar-refractivity contribution in [3.63, 3.8) is 0 Å². The Balaban J connectivity index is 2.11. The van der Waals surface area contributed by atoms with Gasteiger partial charge in [0.05, 0.1) is 0 Å². The Bertz CT molecular complexity index is 867. The summed E-state index contributed by atoms with van der Waals surface area (Å²) in [7, 11) is 6.38. The van der Waals surface area contributed by atoms with E-state index in [0.717, 1.165) is 27.9 Å². The SMILES string of the molecule is [B]c1c(C=C)c(C=C)c(C2=CC3CC3C=C2)c2ccccc12. The maximum atomic E-state index is 6.38. The lowest BCUT2D eigenvalue weighted by Gasteiger charge is -2.19. The fourth-order valence-electron chi connectivity index (χ4n) is 3.58. The molecule has 2 aromatic rings. The molecule has 104 valence electrons. The quantitative estimate of drug-likeness (QED) is 0.726. The van der Waals surface area contributed by atoms with E-state index in [0.29, 0.717) is 5.92 Å². The minimum Gasteiger partial charge on any atom is -0.0985 e. The van der Waals surface area contributed by atoms with E-state index >= 15 is 0 Å². The summed E-state index contributed by atoms with van der Waals surface area (Å²) in [6.07, 6.45) is 12.0. The minimum absolute atomic E-state index is 0.709. The molecule has 0 aliphatic heterocycles. The van der Waals surface area contributed by atoms with Crippen molar-refractivity contribution in [1.29, 1.82) is 0 Å². The Morgan fingerprint density at radius 1 is 1.00 bits per heavy atom. The Morgan fingerprint density at radius 3 is 2.41 bits per heavy atom. The lowest BCUT2D eigenvalue weighted by atomic mass is 9.78. The molecule has 2 aliphatic rings. The first kappa shape index (κ1) is 13.4. The molecule has 0 spiro atoms. The van der Waals surface area contributed by atoms with Gasteiger partial charge in [-0.05, 0) is 51.3 Å². The average Bonchev–Trinajstić information content (AvgIpc) is 3.33. The molecular weight excluding hydrogens is 263 g/mol. The molecule has 2 aliphatic carbocycles. The second-order valence-electron chi connectivity index (χ2n) is 6.11. The number of hydrogen-bond donors (Lipinski definition) is 0. The van der Waals surface area contributed by atoms with E-state index in [9.17, 15) is 0 Å². The molecule has 1 fully saturated rings. The second-order valence-corrected chi connectivity index (χ2v) is 6.11. The van der Waals surface area contributed by atoms with Gasteiger partial charge in [-0.25, -0.2) is 0 Å². The van der Waals surface area contributed by atoms with E-state index in [1.54, 1.807) is 0 Å². The van der Waals surface area contributed by atoms with Gasteiger partial charge in [-0.1, -0.05) is 73.3 Å². The van der Waals surface area contributed by atoms with Gasteiger partial charge < -0.3 is 0 Å². The molecule has 0 nitrogen and oxygen atoms in total. The molecule has 1 heteroatoms. The Morgan fingerprint density at radius 2 is 1.73 bits per heavy atom. The molecule has 2 unspecified atom stereocenters. The van der Waals surface area contributed by atoms with Crippen LogP contribution in [0.3, 0.4) is 0 Å². The number of rotatable bonds is 3. The monoisotopic (exact) mass is 280 g/mol. The van der Waals surface area contributed by atoms with Crippen LogP contribution in [0.2, 0.25) is 0 Å². The van der Waals surface area contributed by atoms with Gasteiger partial charge in [-0.3, -0.25) is 0 Å². The zero-order valence-electron chi connectivity index (χ0n) is 12.5. The smallest absolute Gasteiger partial charge is 0.0985 e. The number of fused-ring (bicyclic) bond motifs is 2. The van der Waals surface area contributed by atoms with Gasteiger partial charge in [0.25, 0.3) is 0 Å². The second kappa shape index (κ2) is 4.88. The van der Waals surface area contributed by atoms with E-state index in [2.05, 4.69) is 49.6 Å². The Labute approximate surface area is 133 Å². The van der Waals surface area contributed by atoms with Crippen LogP contribution in [-0.2, 0) is 0 Å². The van der Waals surface area contributed by atoms with Gasteiger partial charge in [0.15, 0.2) is 0 Å². The highest BCUT2D eigenvalue weighted by atomic mass is 14.4. The minimum atomic E-state index is 0.709. The van der Waals surface area contributed by atoms with Crippen molar-refractivity contribution in [3.05, 3.63) is 72.3 Å². The summed E-state index contributed by atoms with van der Waals surface area (Å²) < 4.78 is 0. The van der Waals surface area contributed by atoms with Crippen molar-refractivity contribution in [3.8, 4) is 0 Å². The molecule has 2 atom stereocenters. The van der Waals surface area contributed by atoms with Crippen molar-refractivity contribution in [2.45, 2.75) is 6.42 Å². The standard InChI is InChI=1S/C21H17B/c1-3-16-17(4-2)21(22)19-8-6-5-7-18(19)20(16)14-10-9-13-11-15(13)12-14/h3-10,12-13,15H,1-2,11H2. The van der Waals surface area contributed by atoms with Crippen molar-refractivity contribution >= 4 is 41.8 Å². The predicted molar refractivity (Wildman–Crippen MR) is 98.2 cm³/mol. The van der Waals surface area contributed by atoms with E-state index in [1.165, 1.54) is 22.9 Å². The van der Waals surface area contributed by atoms with Crippen LogP contribution in [0.15, 0.2) is 55.7 Å². The van der Waals surface area contributed by atoms with Gasteiger partial charge in [0, 0.05) is 0 Å². The summed E-state index contributed by atoms with van der Waals surface area (Å²) in [4.78, 5) is 0. The molecule has 1 saturated carbocycles. The highest BCUT2D eigenvalue weighted by Crippen LogP contribution is 2.47. The first-order valence-electron chi connectivity index (χ1n) is 7.74. The highest BCUT2D eigenvalue weighted by molar-refractivity contribution is 6.41. The molecule has 22 heavy (non-hydrogen) atoms. The largest absolute Gasteiger partial charge is 0.115 e. The van der Waals surface area contributed by atoms with Gasteiger partial charge >= 0.3 is 0 Å². The molecule has 2 radical (unpaired) electrons. The van der Waals surface area contributed by atoms with Crippen LogP contribution >= 0.6 is 0 Å². The zero-order chi connectivity index (χ0) is 15.3. The average molecular weight is 280 g/mol. The molecule has 0 saturated heterocycles. The topological polar surface area (TPSA) is 0 Å². The molecule has 0 bridgehead atoms. The molecule has 4 rings (SSSR count). The number of allylic oxidation sites excluding steroid dienone is 4. The Hall–Kier alpha value is -2.28. The maximum absolute atomic E-state index is 6.38. The first-order valence-corrected chi connectivity index (χ1v) is 7.74. The van der Waals surface area contributed by atoms with E-state index in [-0.39, 0.29) is 0 Å².